The highest BCUT2D eigenvalue weighted by molar-refractivity contribution is 5.91. The first kappa shape index (κ1) is 33.6. The minimum atomic E-state index is -4.52. The number of ether oxygens (including phenoxy) is 2. The summed E-state index contributed by atoms with van der Waals surface area (Å²) in [7, 11) is 0. The number of nitrogens with one attached hydrogen (secondary N) is 1. The fraction of sp³-hybridized carbons (Fsp3) is 0.286. The van der Waals surface area contributed by atoms with Gasteiger partial charge in [-0.05, 0) is 59.7 Å². The van der Waals surface area contributed by atoms with Gasteiger partial charge in [-0.15, -0.1) is 0 Å². The Kier molecular flexibility index (Phi) is 11.2. The molecule has 8 nitrogen and oxygen atoms in total. The molecule has 1 N–H and O–H groups in total. The lowest BCUT2D eigenvalue weighted by atomic mass is 10.0. The van der Waals surface area contributed by atoms with Gasteiger partial charge < -0.3 is 19.7 Å². The molecule has 12 heteroatoms. The smallest absolute Gasteiger partial charge is 0.419 e. The molecule has 1 aromatic heterocycles. The Hall–Kier alpha value is -4.81. The number of ketones is 1. The van der Waals surface area contributed by atoms with E-state index < -0.39 is 23.7 Å². The number of anilines is 1. The first-order valence-corrected chi connectivity index (χ1v) is 15.1. The number of benzene rings is 3. The van der Waals surface area contributed by atoms with E-state index in [-0.39, 0.29) is 56.7 Å². The van der Waals surface area contributed by atoms with Crippen molar-refractivity contribution < 1.29 is 36.6 Å². The molecule has 1 atom stereocenters. The van der Waals surface area contributed by atoms with Crippen LogP contribution < -0.4 is 15.0 Å². The topological polar surface area (TPSA) is 84.0 Å². The van der Waals surface area contributed by atoms with Gasteiger partial charge in [-0.1, -0.05) is 42.5 Å². The van der Waals surface area contributed by atoms with Crippen LogP contribution in [0.5, 0.6) is 11.5 Å². The summed E-state index contributed by atoms with van der Waals surface area (Å²) in [5, 5.41) is 2.81. The van der Waals surface area contributed by atoms with Crippen LogP contribution in [0.3, 0.4) is 0 Å². The van der Waals surface area contributed by atoms with Gasteiger partial charge >= 0.3 is 6.18 Å². The van der Waals surface area contributed by atoms with Gasteiger partial charge in [0.15, 0.2) is 5.78 Å². The second-order valence-corrected chi connectivity index (χ2v) is 11.1. The van der Waals surface area contributed by atoms with Crippen LogP contribution in [0.4, 0.5) is 23.4 Å². The summed E-state index contributed by atoms with van der Waals surface area (Å²) < 4.78 is 65.2. The van der Waals surface area contributed by atoms with Crippen LogP contribution >= 0.6 is 0 Å². The van der Waals surface area contributed by atoms with Gasteiger partial charge in [0, 0.05) is 38.8 Å². The number of Topliss-reactive ketones (excluding diaryl/α,β-unsaturated/α-hetero) is 1. The minimum Gasteiger partial charge on any atom is -0.457 e. The normalized spacial score (nSPS) is 14.4. The van der Waals surface area contributed by atoms with Crippen molar-refractivity contribution in [2.45, 2.75) is 25.2 Å². The van der Waals surface area contributed by atoms with Gasteiger partial charge in [-0.2, -0.15) is 13.2 Å². The summed E-state index contributed by atoms with van der Waals surface area (Å²) in [6.07, 6.45) is -3.16. The average Bonchev–Trinajstić information content (AvgIpc) is 3.06. The Morgan fingerprint density at radius 2 is 1.49 bits per heavy atom. The number of carbonyl (C=O) groups is 2. The standard InChI is InChI=1S/C35H34F4N4O4/c36-27-10-14-29(15-11-27)47-28-12-8-25(9-13-28)21-32(44)31(24-46-23-26-5-2-1-3-6-26)41-33(45)22-42-17-19-43(20-18-42)34-30(35(37,38)39)7-4-16-40-34/h1-16,31H,17-24H2,(H,41,45)/t31-/m0/s1. The van der Waals surface area contributed by atoms with E-state index in [2.05, 4.69) is 10.3 Å². The fourth-order valence-corrected chi connectivity index (χ4v) is 5.15. The van der Waals surface area contributed by atoms with Crippen molar-refractivity contribution >= 4 is 17.5 Å². The lowest BCUT2D eigenvalue weighted by molar-refractivity contribution is -0.137. The van der Waals surface area contributed by atoms with Crippen LogP contribution in [0.2, 0.25) is 0 Å². The lowest BCUT2D eigenvalue weighted by Crippen LogP contribution is -2.52. The number of hydrogen-bond donors (Lipinski definition) is 1. The van der Waals surface area contributed by atoms with Gasteiger partial charge in [-0.3, -0.25) is 14.5 Å². The lowest BCUT2D eigenvalue weighted by Gasteiger charge is -2.36. The maximum Gasteiger partial charge on any atom is 0.419 e. The zero-order valence-electron chi connectivity index (χ0n) is 25.5. The van der Waals surface area contributed by atoms with Crippen LogP contribution in [0.1, 0.15) is 16.7 Å². The van der Waals surface area contributed by atoms with Crippen LogP contribution in [0.15, 0.2) is 97.2 Å². The molecule has 4 aromatic rings. The number of halogens is 4. The number of carbonyl (C=O) groups excluding carboxylic acids is 2. The van der Waals surface area contributed by atoms with Crippen molar-refractivity contribution in [1.82, 2.24) is 15.2 Å². The Balaban J connectivity index is 1.17. The molecular formula is C35H34F4N4O4. The summed E-state index contributed by atoms with van der Waals surface area (Å²) in [6, 6.07) is 23.3. The largest absolute Gasteiger partial charge is 0.457 e. The average molecular weight is 651 g/mol. The summed E-state index contributed by atoms with van der Waals surface area (Å²) in [6.45, 7) is 1.39. The van der Waals surface area contributed by atoms with Crippen molar-refractivity contribution in [3.63, 3.8) is 0 Å². The fourth-order valence-electron chi connectivity index (χ4n) is 5.15. The van der Waals surface area contributed by atoms with E-state index in [4.69, 9.17) is 9.47 Å². The van der Waals surface area contributed by atoms with Crippen molar-refractivity contribution in [3.05, 3.63) is 120 Å². The Labute approximate surface area is 269 Å². The van der Waals surface area contributed by atoms with E-state index in [0.29, 0.717) is 30.2 Å². The van der Waals surface area contributed by atoms with E-state index in [0.717, 1.165) is 11.6 Å². The number of rotatable bonds is 13. The summed E-state index contributed by atoms with van der Waals surface area (Å²) >= 11 is 0. The number of hydrogen-bond acceptors (Lipinski definition) is 7. The minimum absolute atomic E-state index is 0.0277. The molecule has 1 fully saturated rings. The Morgan fingerprint density at radius 1 is 0.830 bits per heavy atom. The highest BCUT2D eigenvalue weighted by atomic mass is 19.4. The molecule has 1 saturated heterocycles. The molecule has 5 rings (SSSR count). The van der Waals surface area contributed by atoms with Crippen LogP contribution in [0, 0.1) is 5.82 Å². The summed E-state index contributed by atoms with van der Waals surface area (Å²) in [5.74, 6) is -0.151. The van der Waals surface area contributed by atoms with Crippen LogP contribution in [-0.4, -0.2) is 66.9 Å². The number of nitrogens with zero attached hydrogens (tertiary/aromatic N) is 3. The first-order valence-electron chi connectivity index (χ1n) is 15.1. The highest BCUT2D eigenvalue weighted by Gasteiger charge is 2.36. The second kappa shape index (κ2) is 15.7. The molecule has 0 aliphatic carbocycles. The molecule has 0 bridgehead atoms. The van der Waals surface area contributed by atoms with E-state index in [9.17, 15) is 27.2 Å². The summed E-state index contributed by atoms with van der Waals surface area (Å²) in [4.78, 5) is 33.9. The first-order chi connectivity index (χ1) is 22.6. The van der Waals surface area contributed by atoms with Gasteiger partial charge in [0.1, 0.15) is 29.2 Å². The highest BCUT2D eigenvalue weighted by Crippen LogP contribution is 2.35. The van der Waals surface area contributed by atoms with E-state index >= 15 is 0 Å². The maximum absolute atomic E-state index is 13.5. The summed E-state index contributed by atoms with van der Waals surface area (Å²) in [5.41, 5.74) is 0.826. The molecule has 1 amide bonds. The van der Waals surface area contributed by atoms with Crippen LogP contribution in [0.25, 0.3) is 0 Å². The molecule has 0 unspecified atom stereocenters. The van der Waals surface area contributed by atoms with Gasteiger partial charge in [0.2, 0.25) is 5.91 Å². The van der Waals surface area contributed by atoms with Gasteiger partial charge in [-0.25, -0.2) is 9.37 Å². The second-order valence-electron chi connectivity index (χ2n) is 11.1. The third kappa shape index (κ3) is 9.84. The number of pyridine rings is 1. The van der Waals surface area contributed by atoms with Crippen molar-refractivity contribution in [3.8, 4) is 11.5 Å². The molecule has 1 aliphatic heterocycles. The zero-order valence-corrected chi connectivity index (χ0v) is 25.5. The monoisotopic (exact) mass is 650 g/mol. The molecule has 0 saturated carbocycles. The number of aromatic nitrogens is 1. The molecular weight excluding hydrogens is 616 g/mol. The predicted molar refractivity (Wildman–Crippen MR) is 168 cm³/mol. The molecule has 246 valence electrons. The zero-order chi connectivity index (χ0) is 33.2. The number of piperazine rings is 1. The molecule has 3 aromatic carbocycles. The SMILES string of the molecule is O=C(CN1CCN(c2ncccc2C(F)(F)F)CC1)N[C@@H](COCc1ccccc1)C(=O)Cc1ccc(Oc2ccc(F)cc2)cc1. The van der Waals surface area contributed by atoms with Crippen LogP contribution in [-0.2, 0) is 33.5 Å². The maximum atomic E-state index is 13.5. The Morgan fingerprint density at radius 3 is 2.15 bits per heavy atom. The number of amides is 1. The Bertz CT molecular complexity index is 1610. The third-order valence-electron chi connectivity index (χ3n) is 7.60. The van der Waals surface area contributed by atoms with E-state index in [1.807, 2.05) is 35.2 Å². The third-order valence-corrected chi connectivity index (χ3v) is 7.60. The van der Waals surface area contributed by atoms with E-state index in [1.54, 1.807) is 29.2 Å². The molecule has 2 heterocycles. The predicted octanol–water partition coefficient (Wildman–Crippen LogP) is 5.67. The number of alkyl halides is 3. The molecule has 0 spiro atoms. The van der Waals surface area contributed by atoms with Gasteiger partial charge in [0.05, 0.1) is 25.3 Å². The molecule has 47 heavy (non-hydrogen) atoms. The van der Waals surface area contributed by atoms with E-state index in [1.165, 1.54) is 36.5 Å². The van der Waals surface area contributed by atoms with Gasteiger partial charge in [0.25, 0.3) is 0 Å². The molecule has 0 radical (unpaired) electrons. The van der Waals surface area contributed by atoms with Crippen molar-refractivity contribution in [1.29, 1.82) is 0 Å². The van der Waals surface area contributed by atoms with Crippen molar-refractivity contribution in [2.24, 2.45) is 0 Å². The van der Waals surface area contributed by atoms with Crippen molar-refractivity contribution in [2.75, 3.05) is 44.2 Å². The molecule has 1 aliphatic rings. The quantitative estimate of drug-likeness (QED) is 0.187.